The molecule has 1 saturated heterocycles. The maximum absolute atomic E-state index is 13.4. The van der Waals surface area contributed by atoms with Crippen LogP contribution in [0.5, 0.6) is 5.75 Å². The van der Waals surface area contributed by atoms with Gasteiger partial charge in [-0.1, -0.05) is 53.0 Å². The van der Waals surface area contributed by atoms with Crippen molar-refractivity contribution in [2.75, 3.05) is 18.0 Å². The van der Waals surface area contributed by atoms with Gasteiger partial charge in [0.05, 0.1) is 5.69 Å². The summed E-state index contributed by atoms with van der Waals surface area (Å²) in [7, 11) is 0. The minimum atomic E-state index is -0.595. The maximum Gasteiger partial charge on any atom is 0.272 e. The molecule has 2 aromatic rings. The Morgan fingerprint density at radius 2 is 1.71 bits per heavy atom. The van der Waals surface area contributed by atoms with E-state index >= 15 is 0 Å². The molecule has 1 fully saturated rings. The van der Waals surface area contributed by atoms with Crippen LogP contribution in [0.3, 0.4) is 0 Å². The zero-order chi connectivity index (χ0) is 21.8. The average Bonchev–Trinajstić information content (AvgIpc) is 2.76. The van der Waals surface area contributed by atoms with E-state index < -0.39 is 6.10 Å². The first-order valence-corrected chi connectivity index (χ1v) is 12.4. The van der Waals surface area contributed by atoms with E-state index in [-0.39, 0.29) is 5.91 Å². The van der Waals surface area contributed by atoms with Crippen LogP contribution in [-0.2, 0) is 4.79 Å². The van der Waals surface area contributed by atoms with Crippen molar-refractivity contribution in [3.63, 3.8) is 0 Å². The van der Waals surface area contributed by atoms with Crippen molar-refractivity contribution in [3.8, 4) is 5.75 Å². The second-order valence-corrected chi connectivity index (χ2v) is 9.85. The van der Waals surface area contributed by atoms with Gasteiger partial charge in [-0.15, -0.1) is 0 Å². The topological polar surface area (TPSA) is 32.8 Å². The lowest BCUT2D eigenvalue weighted by Gasteiger charge is -2.39. The standard InChI is InChI=1S/C26H33BrN2O2/c1-19-10-8-11-20(2)28(19)16-6-3-7-17-29-23-14-4-5-15-24(23)31-25(26(29)30)21-12-9-13-22(27)18-21/h4-5,9,12-15,18-20,25H,3,6-8,10-11,16-17H2,1-2H3/t19-,20+,25?. The van der Waals surface area contributed by atoms with Crippen molar-refractivity contribution in [2.45, 2.75) is 70.6 Å². The first-order chi connectivity index (χ1) is 15.0. The Labute approximate surface area is 194 Å². The van der Waals surface area contributed by atoms with E-state index in [0.29, 0.717) is 12.1 Å². The molecule has 1 amide bonds. The number of fused-ring (bicyclic) bond motifs is 1. The van der Waals surface area contributed by atoms with E-state index in [2.05, 4.69) is 34.7 Å². The SMILES string of the molecule is C[C@@H]1CCC[C@H](C)N1CCCCCN1C(=O)C(c2cccc(Br)c2)Oc2ccccc21. The number of amides is 1. The zero-order valence-electron chi connectivity index (χ0n) is 18.6. The summed E-state index contributed by atoms with van der Waals surface area (Å²) in [6.07, 6.45) is 6.72. The normalized spacial score (nSPS) is 24.0. The van der Waals surface area contributed by atoms with Gasteiger partial charge < -0.3 is 9.64 Å². The zero-order valence-corrected chi connectivity index (χ0v) is 20.2. The molecule has 31 heavy (non-hydrogen) atoms. The minimum absolute atomic E-state index is 0.0232. The van der Waals surface area contributed by atoms with Crippen molar-refractivity contribution in [2.24, 2.45) is 0 Å². The summed E-state index contributed by atoms with van der Waals surface area (Å²) in [5, 5.41) is 0. The Kier molecular flexibility index (Phi) is 7.34. The summed E-state index contributed by atoms with van der Waals surface area (Å²) in [5.74, 6) is 0.804. The van der Waals surface area contributed by atoms with Crippen LogP contribution in [0.4, 0.5) is 5.69 Å². The Morgan fingerprint density at radius 1 is 0.968 bits per heavy atom. The van der Waals surface area contributed by atoms with Crippen molar-refractivity contribution >= 4 is 27.5 Å². The number of hydrogen-bond donors (Lipinski definition) is 0. The first-order valence-electron chi connectivity index (χ1n) is 11.6. The number of para-hydroxylation sites is 2. The molecular weight excluding hydrogens is 452 g/mol. The van der Waals surface area contributed by atoms with Crippen molar-refractivity contribution in [3.05, 3.63) is 58.6 Å². The fourth-order valence-electron chi connectivity index (χ4n) is 4.98. The van der Waals surface area contributed by atoms with Crippen LogP contribution >= 0.6 is 15.9 Å². The smallest absolute Gasteiger partial charge is 0.272 e. The predicted octanol–water partition coefficient (Wildman–Crippen LogP) is 6.35. The molecule has 0 saturated carbocycles. The molecule has 0 bridgehead atoms. The molecule has 0 radical (unpaired) electrons. The van der Waals surface area contributed by atoms with Gasteiger partial charge in [0.15, 0.2) is 0 Å². The lowest BCUT2D eigenvalue weighted by molar-refractivity contribution is -0.126. The molecule has 2 heterocycles. The number of carbonyl (C=O) groups excluding carboxylic acids is 1. The molecule has 166 valence electrons. The molecule has 2 aromatic carbocycles. The van der Waals surface area contributed by atoms with Crippen molar-refractivity contribution in [1.29, 1.82) is 0 Å². The number of unbranched alkanes of at least 4 members (excludes halogenated alkanes) is 2. The Hall–Kier alpha value is -1.85. The van der Waals surface area contributed by atoms with Gasteiger partial charge in [-0.05, 0) is 70.3 Å². The highest BCUT2D eigenvalue weighted by Gasteiger charge is 2.35. The number of carbonyl (C=O) groups is 1. The number of nitrogens with zero attached hydrogens (tertiary/aromatic N) is 2. The Morgan fingerprint density at radius 3 is 2.48 bits per heavy atom. The number of piperidine rings is 1. The number of ether oxygens (including phenoxy) is 1. The van der Waals surface area contributed by atoms with Crippen LogP contribution in [-0.4, -0.2) is 36.0 Å². The molecule has 0 aliphatic carbocycles. The molecule has 2 aliphatic heterocycles. The molecule has 0 N–H and O–H groups in total. The summed E-state index contributed by atoms with van der Waals surface area (Å²) < 4.78 is 7.08. The van der Waals surface area contributed by atoms with E-state index in [1.54, 1.807) is 0 Å². The van der Waals surface area contributed by atoms with E-state index in [1.165, 1.54) is 25.7 Å². The fourth-order valence-corrected chi connectivity index (χ4v) is 5.40. The van der Waals surface area contributed by atoms with E-state index in [4.69, 9.17) is 4.74 Å². The highest BCUT2D eigenvalue weighted by molar-refractivity contribution is 9.10. The summed E-state index contributed by atoms with van der Waals surface area (Å²) in [6.45, 7) is 6.62. The highest BCUT2D eigenvalue weighted by atomic mass is 79.9. The third-order valence-corrected chi connectivity index (χ3v) is 7.21. The van der Waals surface area contributed by atoms with Gasteiger partial charge in [-0.25, -0.2) is 0 Å². The highest BCUT2D eigenvalue weighted by Crippen LogP contribution is 2.39. The van der Waals surface area contributed by atoms with Gasteiger partial charge in [0, 0.05) is 28.7 Å². The van der Waals surface area contributed by atoms with Gasteiger partial charge in [-0.3, -0.25) is 9.69 Å². The molecule has 0 spiro atoms. The van der Waals surface area contributed by atoms with Gasteiger partial charge in [0.1, 0.15) is 5.75 Å². The predicted molar refractivity (Wildman–Crippen MR) is 130 cm³/mol. The van der Waals surface area contributed by atoms with Crippen molar-refractivity contribution in [1.82, 2.24) is 4.90 Å². The van der Waals surface area contributed by atoms with Crippen LogP contribution in [0.15, 0.2) is 53.0 Å². The maximum atomic E-state index is 13.4. The quantitative estimate of drug-likeness (QED) is 0.429. The fraction of sp³-hybridized carbons (Fsp3) is 0.500. The van der Waals surface area contributed by atoms with Gasteiger partial charge in [-0.2, -0.15) is 0 Å². The molecule has 4 rings (SSSR count). The number of halogens is 1. The van der Waals surface area contributed by atoms with E-state index in [0.717, 1.165) is 47.4 Å². The van der Waals surface area contributed by atoms with E-state index in [1.807, 2.05) is 53.4 Å². The summed E-state index contributed by atoms with van der Waals surface area (Å²) in [6, 6.07) is 17.1. The summed E-state index contributed by atoms with van der Waals surface area (Å²) in [4.78, 5) is 18.0. The van der Waals surface area contributed by atoms with Gasteiger partial charge in [0.25, 0.3) is 5.91 Å². The van der Waals surface area contributed by atoms with Crippen LogP contribution < -0.4 is 9.64 Å². The third kappa shape index (κ3) is 5.15. The van der Waals surface area contributed by atoms with E-state index in [9.17, 15) is 4.79 Å². The largest absolute Gasteiger partial charge is 0.474 e. The summed E-state index contributed by atoms with van der Waals surface area (Å²) in [5.41, 5.74) is 1.77. The molecule has 3 atom stereocenters. The average molecular weight is 485 g/mol. The van der Waals surface area contributed by atoms with Gasteiger partial charge in [0.2, 0.25) is 6.10 Å². The second-order valence-electron chi connectivity index (χ2n) is 8.94. The number of likely N-dealkylation sites (tertiary alicyclic amines) is 1. The molecule has 4 nitrogen and oxygen atoms in total. The van der Waals surface area contributed by atoms with Crippen LogP contribution in [0.2, 0.25) is 0 Å². The van der Waals surface area contributed by atoms with Crippen LogP contribution in [0.25, 0.3) is 0 Å². The molecule has 1 unspecified atom stereocenters. The lowest BCUT2D eigenvalue weighted by Crippen LogP contribution is -2.44. The van der Waals surface area contributed by atoms with Crippen LogP contribution in [0.1, 0.15) is 64.0 Å². The third-order valence-electron chi connectivity index (χ3n) is 6.72. The summed E-state index contributed by atoms with van der Waals surface area (Å²) >= 11 is 3.51. The minimum Gasteiger partial charge on any atom is -0.474 e. The molecule has 5 heteroatoms. The Bertz CT molecular complexity index is 892. The number of rotatable bonds is 7. The number of anilines is 1. The molecular formula is C26H33BrN2O2. The molecule has 2 aliphatic rings. The molecule has 0 aromatic heterocycles. The second kappa shape index (κ2) is 10.2. The first kappa shape index (κ1) is 22.3. The number of hydrogen-bond acceptors (Lipinski definition) is 3. The van der Waals surface area contributed by atoms with Gasteiger partial charge >= 0.3 is 0 Å². The van der Waals surface area contributed by atoms with Crippen molar-refractivity contribution < 1.29 is 9.53 Å². The lowest BCUT2D eigenvalue weighted by atomic mass is 9.97. The number of benzene rings is 2. The monoisotopic (exact) mass is 484 g/mol. The Balaban J connectivity index is 1.39. The van der Waals surface area contributed by atoms with Crippen LogP contribution in [0, 0.1) is 0 Å².